The summed E-state index contributed by atoms with van der Waals surface area (Å²) >= 11 is 0. The van der Waals surface area contributed by atoms with Crippen molar-refractivity contribution in [2.24, 2.45) is 5.92 Å². The zero-order chi connectivity index (χ0) is 16.4. The first kappa shape index (κ1) is 15.3. The average Bonchev–Trinajstić information content (AvgIpc) is 3.04. The van der Waals surface area contributed by atoms with Crippen LogP contribution < -0.4 is 0 Å². The third kappa shape index (κ3) is 2.84. The van der Waals surface area contributed by atoms with Crippen molar-refractivity contribution in [3.05, 3.63) is 36.0 Å². The molecule has 2 aromatic rings. The molecule has 0 spiro atoms. The topological polar surface area (TPSA) is 79.5 Å². The van der Waals surface area contributed by atoms with Crippen LogP contribution in [0.15, 0.2) is 30.5 Å². The van der Waals surface area contributed by atoms with Crippen molar-refractivity contribution in [3.8, 4) is 0 Å². The van der Waals surface area contributed by atoms with Crippen LogP contribution in [0, 0.1) is 5.92 Å². The van der Waals surface area contributed by atoms with E-state index in [4.69, 9.17) is 4.74 Å². The number of methoxy groups -OCH3 is 1. The first-order valence-corrected chi connectivity index (χ1v) is 7.59. The maximum atomic E-state index is 12.5. The standard InChI is InChI=1S/C17H18N2O4/c1-23-17(22)11-6-8-19(9-7-11)16(21)15(20)13-10-18-14-5-3-2-4-12(13)14/h2-5,10-11,18H,6-9H2,1H3. The van der Waals surface area contributed by atoms with E-state index in [9.17, 15) is 14.4 Å². The van der Waals surface area contributed by atoms with Crippen LogP contribution in [0.3, 0.4) is 0 Å². The molecule has 0 saturated carbocycles. The van der Waals surface area contributed by atoms with Gasteiger partial charge in [-0.25, -0.2) is 0 Å². The largest absolute Gasteiger partial charge is 0.469 e. The average molecular weight is 314 g/mol. The predicted molar refractivity (Wildman–Crippen MR) is 83.9 cm³/mol. The lowest BCUT2D eigenvalue weighted by molar-refractivity contribution is -0.148. The molecule has 1 aromatic heterocycles. The molecule has 2 heterocycles. The first-order chi connectivity index (χ1) is 11.1. The molecule has 120 valence electrons. The number of hydrogen-bond acceptors (Lipinski definition) is 4. The quantitative estimate of drug-likeness (QED) is 0.532. The molecule has 1 aliphatic heterocycles. The minimum Gasteiger partial charge on any atom is -0.469 e. The molecular weight excluding hydrogens is 296 g/mol. The fraction of sp³-hybridized carbons (Fsp3) is 0.353. The van der Waals surface area contributed by atoms with Crippen LogP contribution >= 0.6 is 0 Å². The van der Waals surface area contributed by atoms with Crippen LogP contribution in [-0.2, 0) is 14.3 Å². The molecule has 1 aliphatic rings. The monoisotopic (exact) mass is 314 g/mol. The minimum absolute atomic E-state index is 0.188. The molecule has 23 heavy (non-hydrogen) atoms. The third-order valence-electron chi connectivity index (χ3n) is 4.34. The molecule has 0 unspecified atom stereocenters. The number of ether oxygens (including phenoxy) is 1. The number of esters is 1. The summed E-state index contributed by atoms with van der Waals surface area (Å²) < 4.78 is 4.73. The van der Waals surface area contributed by atoms with Crippen molar-refractivity contribution in [3.63, 3.8) is 0 Å². The predicted octanol–water partition coefficient (Wildman–Crippen LogP) is 1.76. The number of nitrogens with zero attached hydrogens (tertiary/aromatic N) is 1. The number of H-pyrrole nitrogens is 1. The van der Waals surface area contributed by atoms with Crippen molar-refractivity contribution in [2.45, 2.75) is 12.8 Å². The summed E-state index contributed by atoms with van der Waals surface area (Å²) in [5.41, 5.74) is 1.22. The van der Waals surface area contributed by atoms with Crippen LogP contribution in [0.1, 0.15) is 23.2 Å². The highest BCUT2D eigenvalue weighted by atomic mass is 16.5. The number of rotatable bonds is 3. The van der Waals surface area contributed by atoms with Gasteiger partial charge in [-0.2, -0.15) is 0 Å². The summed E-state index contributed by atoms with van der Waals surface area (Å²) in [7, 11) is 1.36. The molecule has 1 amide bonds. The van der Waals surface area contributed by atoms with Gasteiger partial charge in [0.2, 0.25) is 0 Å². The van der Waals surface area contributed by atoms with Crippen LogP contribution in [0.2, 0.25) is 0 Å². The van der Waals surface area contributed by atoms with Crippen LogP contribution in [0.4, 0.5) is 0 Å². The Kier molecular flexibility index (Phi) is 4.14. The molecule has 0 radical (unpaired) electrons. The maximum Gasteiger partial charge on any atom is 0.308 e. The van der Waals surface area contributed by atoms with Gasteiger partial charge >= 0.3 is 5.97 Å². The van der Waals surface area contributed by atoms with Crippen LogP contribution in [-0.4, -0.2) is 47.7 Å². The number of amides is 1. The van der Waals surface area contributed by atoms with E-state index < -0.39 is 11.7 Å². The lowest BCUT2D eigenvalue weighted by Gasteiger charge is -2.30. The molecule has 6 nitrogen and oxygen atoms in total. The number of Topliss-reactive ketones (excluding diaryl/α,β-unsaturated/α-hetero) is 1. The lowest BCUT2D eigenvalue weighted by Crippen LogP contribution is -2.43. The Morgan fingerprint density at radius 2 is 1.87 bits per heavy atom. The number of benzene rings is 1. The van der Waals surface area contributed by atoms with Crippen molar-refractivity contribution in [2.75, 3.05) is 20.2 Å². The molecule has 1 N–H and O–H groups in total. The molecule has 3 rings (SSSR count). The van der Waals surface area contributed by atoms with Gasteiger partial charge in [0.1, 0.15) is 0 Å². The number of para-hydroxylation sites is 1. The number of piperidine rings is 1. The highest BCUT2D eigenvalue weighted by Crippen LogP contribution is 2.22. The number of ketones is 1. The summed E-state index contributed by atoms with van der Waals surface area (Å²) in [6.45, 7) is 0.791. The molecule has 0 bridgehead atoms. The van der Waals surface area contributed by atoms with Gasteiger partial charge in [-0.3, -0.25) is 14.4 Å². The number of carbonyl (C=O) groups excluding carboxylic acids is 3. The van der Waals surface area contributed by atoms with E-state index in [-0.39, 0.29) is 11.9 Å². The number of fused-ring (bicyclic) bond motifs is 1. The Bertz CT molecular complexity index is 757. The summed E-state index contributed by atoms with van der Waals surface area (Å²) in [6, 6.07) is 7.38. The normalized spacial score (nSPS) is 15.6. The van der Waals surface area contributed by atoms with Crippen LogP contribution in [0.5, 0.6) is 0 Å². The second-order valence-corrected chi connectivity index (χ2v) is 5.67. The van der Waals surface area contributed by atoms with Crippen molar-refractivity contribution >= 4 is 28.6 Å². The van der Waals surface area contributed by atoms with Gasteiger partial charge in [0.25, 0.3) is 11.7 Å². The zero-order valence-electron chi connectivity index (χ0n) is 12.9. The Morgan fingerprint density at radius 1 is 1.17 bits per heavy atom. The van der Waals surface area contributed by atoms with Gasteiger partial charge in [-0.05, 0) is 18.9 Å². The SMILES string of the molecule is COC(=O)C1CCN(C(=O)C(=O)c2c[nH]c3ccccc23)CC1. The van der Waals surface area contributed by atoms with E-state index in [0.29, 0.717) is 31.5 Å². The molecule has 1 saturated heterocycles. The fourth-order valence-electron chi connectivity index (χ4n) is 3.00. The van der Waals surface area contributed by atoms with E-state index in [1.807, 2.05) is 24.3 Å². The molecule has 0 atom stereocenters. The van der Waals surface area contributed by atoms with E-state index >= 15 is 0 Å². The third-order valence-corrected chi connectivity index (χ3v) is 4.34. The van der Waals surface area contributed by atoms with Gasteiger partial charge in [0.05, 0.1) is 18.6 Å². The van der Waals surface area contributed by atoms with E-state index in [1.54, 1.807) is 6.20 Å². The maximum absolute atomic E-state index is 12.5. The Hall–Kier alpha value is -2.63. The number of aromatic amines is 1. The minimum atomic E-state index is -0.516. The number of nitrogens with one attached hydrogen (secondary N) is 1. The Morgan fingerprint density at radius 3 is 2.57 bits per heavy atom. The van der Waals surface area contributed by atoms with Crippen molar-refractivity contribution in [1.29, 1.82) is 0 Å². The highest BCUT2D eigenvalue weighted by molar-refractivity contribution is 6.44. The smallest absolute Gasteiger partial charge is 0.308 e. The molecule has 6 heteroatoms. The van der Waals surface area contributed by atoms with E-state index in [0.717, 1.165) is 10.9 Å². The second-order valence-electron chi connectivity index (χ2n) is 5.67. The van der Waals surface area contributed by atoms with Crippen LogP contribution in [0.25, 0.3) is 10.9 Å². The first-order valence-electron chi connectivity index (χ1n) is 7.59. The van der Waals surface area contributed by atoms with Gasteiger partial charge in [-0.15, -0.1) is 0 Å². The van der Waals surface area contributed by atoms with Gasteiger partial charge < -0.3 is 14.6 Å². The Balaban J connectivity index is 1.71. The zero-order valence-corrected chi connectivity index (χ0v) is 12.9. The number of hydrogen-bond donors (Lipinski definition) is 1. The van der Waals surface area contributed by atoms with Gasteiger partial charge in [-0.1, -0.05) is 18.2 Å². The summed E-state index contributed by atoms with van der Waals surface area (Å²) in [5.74, 6) is -1.47. The Labute approximate surface area is 133 Å². The molecule has 1 aromatic carbocycles. The summed E-state index contributed by atoms with van der Waals surface area (Å²) in [5, 5.41) is 0.746. The summed E-state index contributed by atoms with van der Waals surface area (Å²) in [6.07, 6.45) is 2.63. The van der Waals surface area contributed by atoms with Crippen molar-refractivity contribution in [1.82, 2.24) is 9.88 Å². The van der Waals surface area contributed by atoms with E-state index in [2.05, 4.69) is 4.98 Å². The molecule has 0 aliphatic carbocycles. The fourth-order valence-corrected chi connectivity index (χ4v) is 3.00. The molecule has 1 fully saturated rings. The van der Waals surface area contributed by atoms with Crippen molar-refractivity contribution < 1.29 is 19.1 Å². The molecular formula is C17H18N2O4. The second kappa shape index (κ2) is 6.24. The lowest BCUT2D eigenvalue weighted by atomic mass is 9.96. The number of likely N-dealkylation sites (tertiary alicyclic amines) is 1. The number of carbonyl (C=O) groups is 3. The highest BCUT2D eigenvalue weighted by Gasteiger charge is 2.31. The van der Waals surface area contributed by atoms with E-state index in [1.165, 1.54) is 12.0 Å². The van der Waals surface area contributed by atoms with Gasteiger partial charge in [0.15, 0.2) is 0 Å². The summed E-state index contributed by atoms with van der Waals surface area (Å²) in [4.78, 5) is 41.0. The van der Waals surface area contributed by atoms with Gasteiger partial charge in [0, 0.05) is 30.2 Å². The number of aromatic nitrogens is 1.